The molecule has 1 aliphatic heterocycles. The summed E-state index contributed by atoms with van der Waals surface area (Å²) in [5.41, 5.74) is 0.604. The maximum atomic E-state index is 12.1. The van der Waals surface area contributed by atoms with Gasteiger partial charge in [0.05, 0.1) is 6.61 Å². The number of hydrogen-bond donors (Lipinski definition) is 0. The van der Waals surface area contributed by atoms with Gasteiger partial charge >= 0.3 is 6.36 Å². The van der Waals surface area contributed by atoms with E-state index in [9.17, 15) is 18.0 Å². The highest BCUT2D eigenvalue weighted by atomic mass is 32.2. The van der Waals surface area contributed by atoms with E-state index < -0.39 is 6.36 Å². The van der Waals surface area contributed by atoms with Crippen LogP contribution in [0.15, 0.2) is 30.3 Å². The molecule has 1 aromatic carbocycles. The average Bonchev–Trinajstić information content (AvgIpc) is 2.52. The summed E-state index contributed by atoms with van der Waals surface area (Å²) < 4.78 is 45.3. The van der Waals surface area contributed by atoms with E-state index in [1.807, 2.05) is 6.26 Å². The summed E-state index contributed by atoms with van der Waals surface area (Å²) in [6.07, 6.45) is 0.173. The normalized spacial score (nSPS) is 19.1. The monoisotopic (exact) mass is 347 g/mol. The number of alkyl halides is 3. The highest BCUT2D eigenvalue weighted by Crippen LogP contribution is 2.23. The fourth-order valence-corrected chi connectivity index (χ4v) is 2.56. The quantitative estimate of drug-likeness (QED) is 0.785. The van der Waals surface area contributed by atoms with Crippen LogP contribution in [0, 0.1) is 0 Å². The number of halogens is 3. The van der Waals surface area contributed by atoms with Crippen molar-refractivity contribution >= 4 is 23.7 Å². The Morgan fingerprint density at radius 1 is 1.39 bits per heavy atom. The van der Waals surface area contributed by atoms with E-state index >= 15 is 0 Å². The molecule has 1 fully saturated rings. The van der Waals surface area contributed by atoms with Crippen LogP contribution in [-0.4, -0.2) is 48.6 Å². The van der Waals surface area contributed by atoms with E-state index in [-0.39, 0.29) is 23.6 Å². The number of carbonyl (C=O) groups is 1. The zero-order valence-electron chi connectivity index (χ0n) is 12.4. The molecule has 1 aromatic rings. The molecule has 0 N–H and O–H groups in total. The first-order chi connectivity index (χ1) is 10.9. The Morgan fingerprint density at radius 3 is 2.70 bits per heavy atom. The lowest BCUT2D eigenvalue weighted by atomic mass is 10.2. The first-order valence-corrected chi connectivity index (χ1v) is 8.09. The van der Waals surface area contributed by atoms with Crippen LogP contribution < -0.4 is 4.74 Å². The van der Waals surface area contributed by atoms with Crippen molar-refractivity contribution in [1.29, 1.82) is 0 Å². The van der Waals surface area contributed by atoms with E-state index in [0.717, 1.165) is 0 Å². The Hall–Kier alpha value is -1.67. The van der Waals surface area contributed by atoms with E-state index in [1.165, 1.54) is 30.3 Å². The minimum absolute atomic E-state index is 0.195. The second-order valence-corrected chi connectivity index (χ2v) is 6.01. The molecule has 1 heterocycles. The van der Waals surface area contributed by atoms with Gasteiger partial charge in [-0.05, 0) is 30.0 Å². The minimum Gasteiger partial charge on any atom is -0.406 e. The van der Waals surface area contributed by atoms with Gasteiger partial charge in [-0.15, -0.1) is 13.2 Å². The third kappa shape index (κ3) is 5.80. The van der Waals surface area contributed by atoms with E-state index in [0.29, 0.717) is 18.7 Å². The van der Waals surface area contributed by atoms with Crippen LogP contribution in [0.1, 0.15) is 5.56 Å². The van der Waals surface area contributed by atoms with Crippen LogP contribution in [0.25, 0.3) is 6.08 Å². The minimum atomic E-state index is -4.71. The summed E-state index contributed by atoms with van der Waals surface area (Å²) in [6.45, 7) is 1.48. The topological polar surface area (TPSA) is 38.8 Å². The summed E-state index contributed by atoms with van der Waals surface area (Å²) in [6, 6.07) is 5.29. The van der Waals surface area contributed by atoms with Crippen molar-refractivity contribution in [1.82, 2.24) is 4.90 Å². The van der Waals surface area contributed by atoms with Crippen molar-refractivity contribution in [2.75, 3.05) is 26.1 Å². The largest absolute Gasteiger partial charge is 0.573 e. The maximum Gasteiger partial charge on any atom is 0.573 e. The van der Waals surface area contributed by atoms with Crippen molar-refractivity contribution in [2.24, 2.45) is 0 Å². The van der Waals surface area contributed by atoms with Crippen LogP contribution in [-0.2, 0) is 9.53 Å². The highest BCUT2D eigenvalue weighted by molar-refractivity contribution is 7.99. The summed E-state index contributed by atoms with van der Waals surface area (Å²) in [5.74, 6) is -0.493. The molecule has 2 rings (SSSR count). The zero-order valence-corrected chi connectivity index (χ0v) is 13.2. The van der Waals surface area contributed by atoms with Gasteiger partial charge in [-0.2, -0.15) is 11.8 Å². The molecule has 1 aliphatic rings. The SMILES string of the molecule is CSC1COCN(C(=O)/C=C/c2ccc(OC(F)(F)F)cc2)C1. The number of nitrogens with zero attached hydrogens (tertiary/aromatic N) is 1. The van der Waals surface area contributed by atoms with Gasteiger partial charge in [0, 0.05) is 17.9 Å². The fraction of sp³-hybridized carbons (Fsp3) is 0.400. The van der Waals surface area contributed by atoms with Gasteiger partial charge in [0.2, 0.25) is 5.91 Å². The lowest BCUT2D eigenvalue weighted by Gasteiger charge is -2.31. The molecule has 0 bridgehead atoms. The maximum absolute atomic E-state index is 12.1. The second kappa shape index (κ2) is 7.74. The molecule has 8 heteroatoms. The van der Waals surface area contributed by atoms with Gasteiger partial charge in [0.1, 0.15) is 12.5 Å². The lowest BCUT2D eigenvalue weighted by molar-refractivity contribution is -0.274. The van der Waals surface area contributed by atoms with Crippen molar-refractivity contribution in [3.8, 4) is 5.75 Å². The Balaban J connectivity index is 1.93. The van der Waals surface area contributed by atoms with E-state index in [1.54, 1.807) is 22.7 Å². The number of benzene rings is 1. The number of ether oxygens (including phenoxy) is 2. The molecular weight excluding hydrogens is 331 g/mol. The van der Waals surface area contributed by atoms with Gasteiger partial charge in [0.15, 0.2) is 0 Å². The Labute approximate surface area is 136 Å². The molecule has 1 saturated heterocycles. The van der Waals surface area contributed by atoms with Crippen LogP contribution in [0.3, 0.4) is 0 Å². The predicted octanol–water partition coefficient (Wildman–Crippen LogP) is 3.15. The van der Waals surface area contributed by atoms with Crippen molar-refractivity contribution in [2.45, 2.75) is 11.6 Å². The van der Waals surface area contributed by atoms with Crippen LogP contribution in [0.2, 0.25) is 0 Å². The Morgan fingerprint density at radius 2 is 2.09 bits per heavy atom. The van der Waals surface area contributed by atoms with Crippen LogP contribution in [0.4, 0.5) is 13.2 Å². The second-order valence-electron chi connectivity index (χ2n) is 4.87. The molecule has 0 saturated carbocycles. The van der Waals surface area contributed by atoms with Crippen molar-refractivity contribution in [3.05, 3.63) is 35.9 Å². The van der Waals surface area contributed by atoms with Gasteiger partial charge in [-0.25, -0.2) is 0 Å². The van der Waals surface area contributed by atoms with Gasteiger partial charge < -0.3 is 14.4 Å². The van der Waals surface area contributed by atoms with Crippen LogP contribution >= 0.6 is 11.8 Å². The first kappa shape index (κ1) is 17.7. The lowest BCUT2D eigenvalue weighted by Crippen LogP contribution is -2.43. The van der Waals surface area contributed by atoms with Crippen LogP contribution in [0.5, 0.6) is 5.75 Å². The van der Waals surface area contributed by atoms with E-state index in [2.05, 4.69) is 4.74 Å². The standard InChI is InChI=1S/C15H16F3NO3S/c1-23-13-8-19(10-21-9-13)14(20)7-4-11-2-5-12(6-3-11)22-15(16,17)18/h2-7,13H,8-10H2,1H3/b7-4+. The molecule has 4 nitrogen and oxygen atoms in total. The van der Waals surface area contributed by atoms with Crippen molar-refractivity contribution in [3.63, 3.8) is 0 Å². The highest BCUT2D eigenvalue weighted by Gasteiger charge is 2.30. The fourth-order valence-electron chi connectivity index (χ4n) is 2.00. The summed E-state index contributed by atoms with van der Waals surface area (Å²) >= 11 is 1.64. The molecular formula is C15H16F3NO3S. The molecule has 1 atom stereocenters. The summed E-state index contributed by atoms with van der Waals surface area (Å²) in [5, 5.41) is 0.250. The predicted molar refractivity (Wildman–Crippen MR) is 82.0 cm³/mol. The Kier molecular flexibility index (Phi) is 5.95. The molecule has 126 valence electrons. The molecule has 23 heavy (non-hydrogen) atoms. The summed E-state index contributed by atoms with van der Waals surface area (Å²) in [7, 11) is 0. The van der Waals surface area contributed by atoms with Gasteiger partial charge in [-0.1, -0.05) is 12.1 Å². The number of hydrogen-bond acceptors (Lipinski definition) is 4. The van der Waals surface area contributed by atoms with Gasteiger partial charge in [-0.3, -0.25) is 4.79 Å². The number of carbonyl (C=O) groups excluding carboxylic acids is 1. The zero-order chi connectivity index (χ0) is 16.9. The molecule has 0 spiro atoms. The van der Waals surface area contributed by atoms with Crippen molar-refractivity contribution < 1.29 is 27.4 Å². The molecule has 0 aromatic heterocycles. The Bertz CT molecular complexity index is 560. The van der Waals surface area contributed by atoms with Gasteiger partial charge in [0.25, 0.3) is 0 Å². The molecule has 1 amide bonds. The first-order valence-electron chi connectivity index (χ1n) is 6.81. The van der Waals surface area contributed by atoms with E-state index in [4.69, 9.17) is 4.74 Å². The number of rotatable bonds is 4. The number of thioether (sulfide) groups is 1. The third-order valence-corrected chi connectivity index (χ3v) is 4.10. The molecule has 1 unspecified atom stereocenters. The average molecular weight is 347 g/mol. The third-order valence-electron chi connectivity index (χ3n) is 3.15. The number of amides is 1. The molecule has 0 aliphatic carbocycles. The smallest absolute Gasteiger partial charge is 0.406 e. The summed E-state index contributed by atoms with van der Waals surface area (Å²) in [4.78, 5) is 13.6. The molecule has 0 radical (unpaired) electrons.